The Morgan fingerprint density at radius 2 is 1.59 bits per heavy atom. The molecule has 1 aliphatic rings. The van der Waals surface area contributed by atoms with Crippen LogP contribution < -0.4 is 4.74 Å². The number of hydrogen-bond donors (Lipinski definition) is 0. The highest BCUT2D eigenvalue weighted by Gasteiger charge is 2.22. The van der Waals surface area contributed by atoms with Crippen LogP contribution in [0.2, 0.25) is 0 Å². The molecule has 0 N–H and O–H groups in total. The van der Waals surface area contributed by atoms with E-state index in [0.29, 0.717) is 12.7 Å². The van der Waals surface area contributed by atoms with E-state index in [-0.39, 0.29) is 0 Å². The van der Waals surface area contributed by atoms with Crippen LogP contribution in [0.1, 0.15) is 89.5 Å². The zero-order valence-corrected chi connectivity index (χ0v) is 17.5. The molecule has 0 aliphatic carbocycles. The van der Waals surface area contributed by atoms with E-state index in [4.69, 9.17) is 9.47 Å². The molecule has 1 aliphatic heterocycles. The maximum absolute atomic E-state index is 5.75. The van der Waals surface area contributed by atoms with Crippen molar-refractivity contribution in [2.24, 2.45) is 0 Å². The minimum atomic E-state index is 0.319. The van der Waals surface area contributed by atoms with Crippen LogP contribution in [0.3, 0.4) is 0 Å². The molecule has 1 fully saturated rings. The van der Waals surface area contributed by atoms with Gasteiger partial charge in [-0.3, -0.25) is 0 Å². The van der Waals surface area contributed by atoms with E-state index in [0.717, 1.165) is 18.8 Å². The van der Waals surface area contributed by atoms with Gasteiger partial charge in [-0.2, -0.15) is 0 Å². The Morgan fingerprint density at radius 1 is 0.926 bits per heavy atom. The van der Waals surface area contributed by atoms with E-state index >= 15 is 0 Å². The first-order valence-corrected chi connectivity index (χ1v) is 11.4. The van der Waals surface area contributed by atoms with Crippen LogP contribution in [0.25, 0.3) is 0 Å². The lowest BCUT2D eigenvalue weighted by atomic mass is 10.0. The number of allylic oxidation sites excluding steroid dienone is 2. The van der Waals surface area contributed by atoms with Crippen molar-refractivity contribution in [3.63, 3.8) is 0 Å². The quantitative estimate of drug-likeness (QED) is 0.163. The van der Waals surface area contributed by atoms with Crippen molar-refractivity contribution in [3.8, 4) is 5.75 Å². The van der Waals surface area contributed by atoms with Gasteiger partial charge in [0.1, 0.15) is 18.5 Å². The van der Waals surface area contributed by atoms with Gasteiger partial charge in [-0.25, -0.2) is 0 Å². The number of benzene rings is 1. The first kappa shape index (κ1) is 22.0. The van der Waals surface area contributed by atoms with Crippen molar-refractivity contribution in [2.75, 3.05) is 13.2 Å². The third-order valence-electron chi connectivity index (χ3n) is 5.23. The number of unbranched alkanes of at least 4 members (excludes halogenated alkanes) is 11. The molecule has 0 aromatic heterocycles. The van der Waals surface area contributed by atoms with Gasteiger partial charge in [0.15, 0.2) is 0 Å². The molecule has 2 heteroatoms. The molecule has 1 unspecified atom stereocenters. The van der Waals surface area contributed by atoms with Crippen LogP contribution in [-0.2, 0) is 11.2 Å². The van der Waals surface area contributed by atoms with Crippen LogP contribution in [0.15, 0.2) is 36.4 Å². The number of epoxide rings is 1. The summed E-state index contributed by atoms with van der Waals surface area (Å²) >= 11 is 0. The number of rotatable bonds is 17. The van der Waals surface area contributed by atoms with Crippen molar-refractivity contribution in [3.05, 3.63) is 42.0 Å². The summed E-state index contributed by atoms with van der Waals surface area (Å²) in [7, 11) is 0. The van der Waals surface area contributed by atoms with E-state index in [1.165, 1.54) is 82.6 Å². The van der Waals surface area contributed by atoms with Crippen molar-refractivity contribution in [1.82, 2.24) is 0 Å². The van der Waals surface area contributed by atoms with Gasteiger partial charge in [0, 0.05) is 0 Å². The minimum Gasteiger partial charge on any atom is -0.491 e. The first-order valence-electron chi connectivity index (χ1n) is 11.4. The van der Waals surface area contributed by atoms with Crippen LogP contribution in [0.4, 0.5) is 0 Å². The Kier molecular flexibility index (Phi) is 12.0. The fourth-order valence-corrected chi connectivity index (χ4v) is 3.38. The summed E-state index contributed by atoms with van der Waals surface area (Å²) in [5, 5.41) is 0. The molecule has 1 heterocycles. The van der Waals surface area contributed by atoms with Gasteiger partial charge in [0.25, 0.3) is 0 Å². The number of hydrogen-bond acceptors (Lipinski definition) is 2. The molecule has 1 saturated heterocycles. The van der Waals surface area contributed by atoms with Crippen molar-refractivity contribution in [2.45, 2.75) is 96.5 Å². The molecule has 27 heavy (non-hydrogen) atoms. The summed E-state index contributed by atoms with van der Waals surface area (Å²) in [6.07, 6.45) is 22.7. The van der Waals surface area contributed by atoms with Gasteiger partial charge < -0.3 is 9.47 Å². The van der Waals surface area contributed by atoms with Crippen LogP contribution in [0, 0.1) is 0 Å². The zero-order chi connectivity index (χ0) is 19.0. The Hall–Kier alpha value is -1.28. The molecular formula is C25H40O2. The second-order valence-corrected chi connectivity index (χ2v) is 7.91. The van der Waals surface area contributed by atoms with Gasteiger partial charge in [-0.1, -0.05) is 95.4 Å². The predicted molar refractivity (Wildman–Crippen MR) is 116 cm³/mol. The second-order valence-electron chi connectivity index (χ2n) is 7.91. The summed E-state index contributed by atoms with van der Waals surface area (Å²) in [6, 6.07) is 8.43. The first-order chi connectivity index (χ1) is 13.4. The summed E-state index contributed by atoms with van der Waals surface area (Å²) in [5.74, 6) is 0.960. The SMILES string of the molecule is CCCCCCCCCCCCC/C=C/Cc1cccc(OCC2CO2)c1. The summed E-state index contributed by atoms with van der Waals surface area (Å²) in [5.41, 5.74) is 1.32. The lowest BCUT2D eigenvalue weighted by Gasteiger charge is -2.05. The normalized spacial score (nSPS) is 16.1. The van der Waals surface area contributed by atoms with Gasteiger partial charge in [-0.05, 0) is 37.0 Å². The Morgan fingerprint density at radius 3 is 2.26 bits per heavy atom. The van der Waals surface area contributed by atoms with Gasteiger partial charge in [0.2, 0.25) is 0 Å². The monoisotopic (exact) mass is 372 g/mol. The Balaban J connectivity index is 1.41. The van der Waals surface area contributed by atoms with E-state index in [2.05, 4.69) is 37.3 Å². The standard InChI is InChI=1S/C25H40O2/c1-2-3-4-5-6-7-8-9-10-11-12-13-14-15-17-23-18-16-19-24(20-23)26-21-25-22-27-25/h14-16,18-20,25H,2-13,17,21-22H2,1H3/b15-14+. The highest BCUT2D eigenvalue weighted by Crippen LogP contribution is 2.17. The molecule has 0 amide bonds. The van der Waals surface area contributed by atoms with Crippen molar-refractivity contribution < 1.29 is 9.47 Å². The molecule has 2 nitrogen and oxygen atoms in total. The number of ether oxygens (including phenoxy) is 2. The molecular weight excluding hydrogens is 332 g/mol. The Bertz CT molecular complexity index is 505. The maximum atomic E-state index is 5.75. The summed E-state index contributed by atoms with van der Waals surface area (Å²) in [4.78, 5) is 0. The average Bonchev–Trinajstić information content (AvgIpc) is 3.51. The average molecular weight is 373 g/mol. The van der Waals surface area contributed by atoms with Crippen LogP contribution in [-0.4, -0.2) is 19.3 Å². The second kappa shape index (κ2) is 14.7. The smallest absolute Gasteiger partial charge is 0.119 e. The largest absolute Gasteiger partial charge is 0.491 e. The molecule has 152 valence electrons. The fourth-order valence-electron chi connectivity index (χ4n) is 3.38. The predicted octanol–water partition coefficient (Wildman–Crippen LogP) is 7.26. The van der Waals surface area contributed by atoms with Crippen LogP contribution >= 0.6 is 0 Å². The van der Waals surface area contributed by atoms with E-state index < -0.39 is 0 Å². The molecule has 1 aromatic carbocycles. The van der Waals surface area contributed by atoms with Gasteiger partial charge in [0.05, 0.1) is 6.61 Å². The highest BCUT2D eigenvalue weighted by atomic mass is 16.6. The Labute approximate surface area is 167 Å². The fraction of sp³-hybridized carbons (Fsp3) is 0.680. The van der Waals surface area contributed by atoms with Gasteiger partial charge >= 0.3 is 0 Å². The molecule has 0 saturated carbocycles. The molecule has 1 aromatic rings. The summed E-state index contributed by atoms with van der Waals surface area (Å²) in [6.45, 7) is 3.81. The summed E-state index contributed by atoms with van der Waals surface area (Å²) < 4.78 is 10.9. The van der Waals surface area contributed by atoms with Crippen molar-refractivity contribution >= 4 is 0 Å². The van der Waals surface area contributed by atoms with Crippen LogP contribution in [0.5, 0.6) is 5.75 Å². The lowest BCUT2D eigenvalue weighted by molar-refractivity contribution is 0.263. The third kappa shape index (κ3) is 11.9. The lowest BCUT2D eigenvalue weighted by Crippen LogP contribution is -2.04. The molecule has 2 rings (SSSR count). The van der Waals surface area contributed by atoms with Crippen molar-refractivity contribution in [1.29, 1.82) is 0 Å². The van der Waals surface area contributed by atoms with E-state index in [9.17, 15) is 0 Å². The molecule has 0 spiro atoms. The van der Waals surface area contributed by atoms with Gasteiger partial charge in [-0.15, -0.1) is 0 Å². The minimum absolute atomic E-state index is 0.319. The highest BCUT2D eigenvalue weighted by molar-refractivity contribution is 5.29. The molecule has 0 radical (unpaired) electrons. The van der Waals surface area contributed by atoms with E-state index in [1.54, 1.807) is 0 Å². The molecule has 0 bridgehead atoms. The topological polar surface area (TPSA) is 21.8 Å². The zero-order valence-electron chi connectivity index (χ0n) is 17.5. The molecule has 1 atom stereocenters. The maximum Gasteiger partial charge on any atom is 0.119 e. The van der Waals surface area contributed by atoms with E-state index in [1.807, 2.05) is 6.07 Å². The third-order valence-corrected chi connectivity index (χ3v) is 5.23.